The zero-order valence-electron chi connectivity index (χ0n) is 16.6. The minimum absolute atomic E-state index is 0.0534. The van der Waals surface area contributed by atoms with Gasteiger partial charge in [-0.2, -0.15) is 0 Å². The molecule has 3 fully saturated rings. The first kappa shape index (κ1) is 19.3. The van der Waals surface area contributed by atoms with Crippen molar-refractivity contribution in [2.24, 2.45) is 34.5 Å². The van der Waals surface area contributed by atoms with Crippen LogP contribution in [0.4, 0.5) is 0 Å². The second-order valence-electron chi connectivity index (χ2n) is 10.1. The minimum Gasteiger partial charge on any atom is -0.393 e. The van der Waals surface area contributed by atoms with Crippen LogP contribution in [0, 0.1) is 34.5 Å². The van der Waals surface area contributed by atoms with E-state index in [1.165, 1.54) is 5.57 Å². The van der Waals surface area contributed by atoms with Crippen LogP contribution in [0.25, 0.3) is 0 Å². The first-order valence-electron chi connectivity index (χ1n) is 10.4. The lowest BCUT2D eigenvalue weighted by molar-refractivity contribution is -0.184. The highest BCUT2D eigenvalue weighted by atomic mass is 16.3. The third-order valence-corrected chi connectivity index (χ3v) is 8.97. The largest absolute Gasteiger partial charge is 0.393 e. The Labute approximate surface area is 160 Å². The van der Waals surface area contributed by atoms with Crippen molar-refractivity contribution in [1.29, 1.82) is 0 Å². The number of allylic oxidation sites excluding steroid dienone is 1. The fourth-order valence-corrected chi connectivity index (χ4v) is 7.71. The maximum absolute atomic E-state index is 12.4. The Kier molecular flexibility index (Phi) is 4.27. The van der Waals surface area contributed by atoms with E-state index in [0.29, 0.717) is 19.3 Å². The summed E-state index contributed by atoms with van der Waals surface area (Å²) >= 11 is 0. The van der Waals surface area contributed by atoms with Crippen molar-refractivity contribution in [2.45, 2.75) is 71.0 Å². The monoisotopic (exact) mass is 376 g/mol. The standard InChI is InChI=1S/C22H32O5/c1-12-8-14-15-5-7-22(27,18(26)11-23)21(15,3)10-17(25)19(14)20(2)6-4-13(24)9-16(12)20/h9,12,14-15,17,19,23,25,27H,4-8,10-11H2,1-3H3/t12-,14-,15?,17-,19?,20-,21-,22-/m0/s1. The van der Waals surface area contributed by atoms with Crippen LogP contribution in [0.3, 0.4) is 0 Å². The summed E-state index contributed by atoms with van der Waals surface area (Å²) in [6, 6.07) is 0. The average Bonchev–Trinajstić information content (AvgIpc) is 2.87. The number of rotatable bonds is 2. The lowest BCUT2D eigenvalue weighted by atomic mass is 9.44. The molecule has 0 heterocycles. The highest BCUT2D eigenvalue weighted by molar-refractivity contribution is 5.92. The van der Waals surface area contributed by atoms with Crippen LogP contribution in [0.2, 0.25) is 0 Å². The zero-order chi connectivity index (χ0) is 19.8. The van der Waals surface area contributed by atoms with Gasteiger partial charge < -0.3 is 15.3 Å². The van der Waals surface area contributed by atoms with Gasteiger partial charge in [0.15, 0.2) is 11.6 Å². The molecule has 150 valence electrons. The van der Waals surface area contributed by atoms with Crippen molar-refractivity contribution in [3.8, 4) is 0 Å². The van der Waals surface area contributed by atoms with E-state index in [4.69, 9.17) is 0 Å². The van der Waals surface area contributed by atoms with E-state index in [-0.39, 0.29) is 34.9 Å². The van der Waals surface area contributed by atoms with E-state index >= 15 is 0 Å². The number of ketones is 2. The molecular weight excluding hydrogens is 344 g/mol. The van der Waals surface area contributed by atoms with Gasteiger partial charge in [0.25, 0.3) is 0 Å². The zero-order valence-corrected chi connectivity index (χ0v) is 16.6. The molecule has 0 aromatic heterocycles. The van der Waals surface area contributed by atoms with Crippen molar-refractivity contribution in [3.05, 3.63) is 11.6 Å². The third kappa shape index (κ3) is 2.34. The van der Waals surface area contributed by atoms with Crippen molar-refractivity contribution >= 4 is 11.6 Å². The molecule has 5 heteroatoms. The van der Waals surface area contributed by atoms with Gasteiger partial charge in [0.05, 0.1) is 6.10 Å². The second-order valence-corrected chi connectivity index (χ2v) is 10.1. The van der Waals surface area contributed by atoms with Gasteiger partial charge in [0.2, 0.25) is 0 Å². The van der Waals surface area contributed by atoms with E-state index in [9.17, 15) is 24.9 Å². The summed E-state index contributed by atoms with van der Waals surface area (Å²) in [6.45, 7) is 5.63. The Morgan fingerprint density at radius 3 is 2.67 bits per heavy atom. The van der Waals surface area contributed by atoms with Gasteiger partial charge in [-0.25, -0.2) is 0 Å². The van der Waals surface area contributed by atoms with Crippen molar-refractivity contribution in [1.82, 2.24) is 0 Å². The average molecular weight is 376 g/mol. The van der Waals surface area contributed by atoms with Gasteiger partial charge in [-0.1, -0.05) is 26.3 Å². The number of carbonyl (C=O) groups is 2. The van der Waals surface area contributed by atoms with E-state index in [1.54, 1.807) is 0 Å². The van der Waals surface area contributed by atoms with Gasteiger partial charge in [0, 0.05) is 11.8 Å². The topological polar surface area (TPSA) is 94.8 Å². The van der Waals surface area contributed by atoms with Gasteiger partial charge >= 0.3 is 0 Å². The van der Waals surface area contributed by atoms with Crippen LogP contribution in [0.1, 0.15) is 59.3 Å². The van der Waals surface area contributed by atoms with Crippen molar-refractivity contribution < 1.29 is 24.9 Å². The maximum atomic E-state index is 12.4. The lowest BCUT2D eigenvalue weighted by Gasteiger charge is -2.61. The molecule has 4 rings (SSSR count). The summed E-state index contributed by atoms with van der Waals surface area (Å²) in [6.07, 6.45) is 4.84. The van der Waals surface area contributed by atoms with Gasteiger partial charge in [-0.3, -0.25) is 9.59 Å². The first-order valence-corrected chi connectivity index (χ1v) is 10.4. The molecule has 5 nitrogen and oxygen atoms in total. The molecule has 27 heavy (non-hydrogen) atoms. The summed E-state index contributed by atoms with van der Waals surface area (Å²) in [5.41, 5.74) is -1.28. The smallest absolute Gasteiger partial charge is 0.190 e. The fourth-order valence-electron chi connectivity index (χ4n) is 7.71. The summed E-state index contributed by atoms with van der Waals surface area (Å²) in [5.74, 6) is 0.341. The number of hydrogen-bond acceptors (Lipinski definition) is 5. The molecule has 3 N–H and O–H groups in total. The van der Waals surface area contributed by atoms with Crippen LogP contribution < -0.4 is 0 Å². The van der Waals surface area contributed by atoms with Gasteiger partial charge in [-0.15, -0.1) is 0 Å². The second kappa shape index (κ2) is 5.98. The number of carbonyl (C=O) groups excluding carboxylic acids is 2. The molecule has 0 aliphatic heterocycles. The van der Waals surface area contributed by atoms with Crippen molar-refractivity contribution in [2.75, 3.05) is 6.61 Å². The molecule has 0 aromatic carbocycles. The van der Waals surface area contributed by atoms with E-state index in [0.717, 1.165) is 19.3 Å². The summed E-state index contributed by atoms with van der Waals surface area (Å²) in [7, 11) is 0. The van der Waals surface area contributed by atoms with E-state index in [1.807, 2.05) is 13.0 Å². The fraction of sp³-hybridized carbons (Fsp3) is 0.818. The predicted octanol–water partition coefficient (Wildman–Crippen LogP) is 2.03. The summed E-state index contributed by atoms with van der Waals surface area (Å²) in [4.78, 5) is 24.5. The number of aliphatic hydroxyl groups excluding tert-OH is 2. The Morgan fingerprint density at radius 2 is 2.00 bits per heavy atom. The Balaban J connectivity index is 1.77. The van der Waals surface area contributed by atoms with Crippen LogP contribution in [-0.2, 0) is 9.59 Å². The molecule has 4 aliphatic carbocycles. The number of Topliss-reactive ketones (excluding diaryl/α,β-unsaturated/α-hetero) is 1. The van der Waals surface area contributed by atoms with Crippen LogP contribution in [0.15, 0.2) is 11.6 Å². The Hall–Kier alpha value is -1.04. The predicted molar refractivity (Wildman–Crippen MR) is 99.7 cm³/mol. The number of hydrogen-bond donors (Lipinski definition) is 3. The minimum atomic E-state index is -1.55. The molecule has 8 atom stereocenters. The van der Waals surface area contributed by atoms with Gasteiger partial charge in [0.1, 0.15) is 12.2 Å². The normalized spacial score (nSPS) is 51.9. The Bertz CT molecular complexity index is 713. The van der Waals surface area contributed by atoms with Gasteiger partial charge in [-0.05, 0) is 67.3 Å². The van der Waals surface area contributed by atoms with Crippen LogP contribution >= 0.6 is 0 Å². The molecule has 0 amide bonds. The van der Waals surface area contributed by atoms with E-state index in [2.05, 4.69) is 13.8 Å². The SMILES string of the molecule is C[C@H]1C[C@@H]2C([C@@H](O)C[C@@]3(C)C2CC[C@]3(O)C(=O)CO)[C@@]2(C)CCC(=O)C=C12. The molecular formula is C22H32O5. The highest BCUT2D eigenvalue weighted by Gasteiger charge is 2.68. The Morgan fingerprint density at radius 1 is 1.30 bits per heavy atom. The molecule has 2 unspecified atom stereocenters. The number of fused-ring (bicyclic) bond motifs is 5. The first-order chi connectivity index (χ1) is 12.6. The highest BCUT2D eigenvalue weighted by Crippen LogP contribution is 2.68. The quantitative estimate of drug-likeness (QED) is 0.685. The molecule has 4 aliphatic rings. The molecule has 0 radical (unpaired) electrons. The maximum Gasteiger partial charge on any atom is 0.190 e. The van der Waals surface area contributed by atoms with Crippen LogP contribution in [0.5, 0.6) is 0 Å². The summed E-state index contributed by atoms with van der Waals surface area (Å²) < 4.78 is 0. The molecule has 0 bridgehead atoms. The molecule has 0 spiro atoms. The molecule has 0 saturated heterocycles. The molecule has 3 saturated carbocycles. The summed E-state index contributed by atoms with van der Waals surface area (Å²) in [5, 5.41) is 31.9. The van der Waals surface area contributed by atoms with E-state index < -0.39 is 29.5 Å². The third-order valence-electron chi connectivity index (χ3n) is 8.97. The lowest BCUT2D eigenvalue weighted by Crippen LogP contribution is -2.62. The number of aliphatic hydroxyl groups is 3. The van der Waals surface area contributed by atoms with Crippen LogP contribution in [-0.4, -0.2) is 45.2 Å². The van der Waals surface area contributed by atoms with Crippen molar-refractivity contribution in [3.63, 3.8) is 0 Å². The molecule has 0 aromatic rings.